The third-order valence-corrected chi connectivity index (χ3v) is 4.23. The van der Waals surface area contributed by atoms with Gasteiger partial charge in [0.2, 0.25) is 5.91 Å². The van der Waals surface area contributed by atoms with E-state index in [2.05, 4.69) is 6.58 Å². The number of piperazine rings is 1. The Morgan fingerprint density at radius 2 is 1.75 bits per heavy atom. The van der Waals surface area contributed by atoms with Gasteiger partial charge in [-0.1, -0.05) is 35.9 Å². The molecule has 24 heavy (non-hydrogen) atoms. The number of rotatable bonds is 6. The van der Waals surface area contributed by atoms with Crippen molar-refractivity contribution in [3.63, 3.8) is 0 Å². The molecule has 5 heteroatoms. The Morgan fingerprint density at radius 1 is 1.17 bits per heavy atom. The molecule has 2 rings (SSSR count). The number of carbonyl (C=O) groups is 2. The van der Waals surface area contributed by atoms with E-state index in [0.717, 1.165) is 5.56 Å². The maximum Gasteiger partial charge on any atom is 0.251 e. The molecule has 0 radical (unpaired) electrons. The van der Waals surface area contributed by atoms with Crippen LogP contribution in [0.25, 0.3) is 0 Å². The lowest BCUT2D eigenvalue weighted by Gasteiger charge is -2.36. The predicted molar refractivity (Wildman–Crippen MR) is 93.7 cm³/mol. The summed E-state index contributed by atoms with van der Waals surface area (Å²) < 4.78 is 5.38. The smallest absolute Gasteiger partial charge is 0.251 e. The number of hydrogen-bond acceptors (Lipinski definition) is 3. The van der Waals surface area contributed by atoms with E-state index in [1.165, 1.54) is 5.56 Å². The number of ether oxygens (including phenoxy) is 1. The summed E-state index contributed by atoms with van der Waals surface area (Å²) in [6, 6.07) is 8.02. The highest BCUT2D eigenvalue weighted by Crippen LogP contribution is 2.10. The Bertz CT molecular complexity index is 575. The first-order chi connectivity index (χ1) is 11.5. The average molecular weight is 330 g/mol. The molecule has 0 saturated carbocycles. The summed E-state index contributed by atoms with van der Waals surface area (Å²) in [7, 11) is 0. The SMILES string of the molecule is C=CCO[C@@H](C)C(=O)N1CCN(C(=O)Cc2ccc(C)cc2)CC1. The van der Waals surface area contributed by atoms with E-state index in [-0.39, 0.29) is 11.8 Å². The quantitative estimate of drug-likeness (QED) is 0.747. The van der Waals surface area contributed by atoms with Gasteiger partial charge >= 0.3 is 0 Å². The van der Waals surface area contributed by atoms with Crippen molar-refractivity contribution in [1.29, 1.82) is 0 Å². The summed E-state index contributed by atoms with van der Waals surface area (Å²) in [4.78, 5) is 28.3. The largest absolute Gasteiger partial charge is 0.365 e. The molecular weight excluding hydrogens is 304 g/mol. The van der Waals surface area contributed by atoms with Crippen LogP contribution in [0.2, 0.25) is 0 Å². The molecule has 1 saturated heterocycles. The first-order valence-electron chi connectivity index (χ1n) is 8.36. The molecule has 0 spiro atoms. The molecule has 1 fully saturated rings. The Hall–Kier alpha value is -2.14. The summed E-state index contributed by atoms with van der Waals surface area (Å²) in [5, 5.41) is 0. The van der Waals surface area contributed by atoms with E-state index in [1.54, 1.807) is 17.9 Å². The van der Waals surface area contributed by atoms with Crippen LogP contribution in [0.15, 0.2) is 36.9 Å². The van der Waals surface area contributed by atoms with E-state index < -0.39 is 6.10 Å². The fraction of sp³-hybridized carbons (Fsp3) is 0.474. The number of carbonyl (C=O) groups excluding carboxylic acids is 2. The van der Waals surface area contributed by atoms with Crippen LogP contribution in [0.4, 0.5) is 0 Å². The van der Waals surface area contributed by atoms with Gasteiger partial charge in [-0.25, -0.2) is 0 Å². The van der Waals surface area contributed by atoms with Crippen LogP contribution in [0.5, 0.6) is 0 Å². The molecule has 0 bridgehead atoms. The first kappa shape index (κ1) is 18.2. The van der Waals surface area contributed by atoms with Crippen LogP contribution in [0, 0.1) is 6.92 Å². The number of aryl methyl sites for hydroxylation is 1. The topological polar surface area (TPSA) is 49.9 Å². The second kappa shape index (κ2) is 8.64. The molecule has 0 aliphatic carbocycles. The lowest BCUT2D eigenvalue weighted by molar-refractivity contribution is -0.146. The molecule has 0 N–H and O–H groups in total. The fourth-order valence-corrected chi connectivity index (χ4v) is 2.71. The molecule has 5 nitrogen and oxygen atoms in total. The van der Waals surface area contributed by atoms with Gasteiger partial charge in [0, 0.05) is 26.2 Å². The summed E-state index contributed by atoms with van der Waals surface area (Å²) >= 11 is 0. The van der Waals surface area contributed by atoms with Gasteiger partial charge in [-0.15, -0.1) is 6.58 Å². The van der Waals surface area contributed by atoms with Crippen LogP contribution < -0.4 is 0 Å². The number of benzene rings is 1. The van der Waals surface area contributed by atoms with Gasteiger partial charge in [-0.05, 0) is 19.4 Å². The van der Waals surface area contributed by atoms with Crippen molar-refractivity contribution in [2.75, 3.05) is 32.8 Å². The highest BCUT2D eigenvalue weighted by molar-refractivity contribution is 5.82. The summed E-state index contributed by atoms with van der Waals surface area (Å²) in [5.41, 5.74) is 2.21. The van der Waals surface area contributed by atoms with Crippen LogP contribution >= 0.6 is 0 Å². The average Bonchev–Trinajstić information content (AvgIpc) is 2.61. The standard InChI is InChI=1S/C19H26N2O3/c1-4-13-24-16(3)19(23)21-11-9-20(10-12-21)18(22)14-17-7-5-15(2)6-8-17/h4-8,16H,1,9-14H2,2-3H3/t16-/m0/s1. The van der Waals surface area contributed by atoms with Crippen molar-refractivity contribution in [1.82, 2.24) is 9.80 Å². The highest BCUT2D eigenvalue weighted by atomic mass is 16.5. The van der Waals surface area contributed by atoms with Gasteiger partial charge in [0.25, 0.3) is 5.91 Å². The number of nitrogens with zero attached hydrogens (tertiary/aromatic N) is 2. The van der Waals surface area contributed by atoms with Crippen molar-refractivity contribution in [2.45, 2.75) is 26.4 Å². The van der Waals surface area contributed by atoms with E-state index in [9.17, 15) is 9.59 Å². The summed E-state index contributed by atoms with van der Waals surface area (Å²) in [6.07, 6.45) is 1.57. The second-order valence-corrected chi connectivity index (χ2v) is 6.13. The minimum atomic E-state index is -0.474. The van der Waals surface area contributed by atoms with E-state index >= 15 is 0 Å². The van der Waals surface area contributed by atoms with Crippen molar-refractivity contribution < 1.29 is 14.3 Å². The van der Waals surface area contributed by atoms with E-state index in [1.807, 2.05) is 36.1 Å². The van der Waals surface area contributed by atoms with Crippen LogP contribution in [-0.2, 0) is 20.7 Å². The zero-order valence-corrected chi connectivity index (χ0v) is 14.5. The summed E-state index contributed by atoms with van der Waals surface area (Å²) in [6.45, 7) is 9.98. The Balaban J connectivity index is 1.81. The fourth-order valence-electron chi connectivity index (χ4n) is 2.71. The minimum absolute atomic E-state index is 0.0255. The lowest BCUT2D eigenvalue weighted by atomic mass is 10.1. The lowest BCUT2D eigenvalue weighted by Crippen LogP contribution is -2.53. The van der Waals surface area contributed by atoms with Crippen LogP contribution in [0.1, 0.15) is 18.1 Å². The van der Waals surface area contributed by atoms with Crippen molar-refractivity contribution in [3.05, 3.63) is 48.0 Å². The summed E-state index contributed by atoms with van der Waals surface area (Å²) in [5.74, 6) is 0.0874. The van der Waals surface area contributed by atoms with E-state index in [4.69, 9.17) is 4.74 Å². The molecule has 1 aromatic carbocycles. The van der Waals surface area contributed by atoms with Gasteiger partial charge in [-0.2, -0.15) is 0 Å². The highest BCUT2D eigenvalue weighted by Gasteiger charge is 2.27. The zero-order valence-electron chi connectivity index (χ0n) is 14.5. The molecule has 1 aromatic rings. The molecule has 1 atom stereocenters. The van der Waals surface area contributed by atoms with Gasteiger partial charge in [-0.3, -0.25) is 9.59 Å². The van der Waals surface area contributed by atoms with Gasteiger partial charge in [0.1, 0.15) is 6.10 Å². The Morgan fingerprint density at radius 3 is 2.33 bits per heavy atom. The molecule has 130 valence electrons. The van der Waals surface area contributed by atoms with Crippen molar-refractivity contribution in [2.24, 2.45) is 0 Å². The van der Waals surface area contributed by atoms with Crippen LogP contribution in [0.3, 0.4) is 0 Å². The molecule has 1 aliphatic rings. The number of amides is 2. The second-order valence-electron chi connectivity index (χ2n) is 6.13. The van der Waals surface area contributed by atoms with Crippen molar-refractivity contribution >= 4 is 11.8 Å². The normalized spacial score (nSPS) is 15.9. The zero-order chi connectivity index (χ0) is 17.5. The molecule has 1 aliphatic heterocycles. The first-order valence-corrected chi connectivity index (χ1v) is 8.36. The number of hydrogen-bond donors (Lipinski definition) is 0. The van der Waals surface area contributed by atoms with Gasteiger partial charge in [0.15, 0.2) is 0 Å². The predicted octanol–water partition coefficient (Wildman–Crippen LogP) is 1.80. The minimum Gasteiger partial charge on any atom is -0.365 e. The molecule has 1 heterocycles. The third kappa shape index (κ3) is 4.93. The van der Waals surface area contributed by atoms with Gasteiger partial charge < -0.3 is 14.5 Å². The van der Waals surface area contributed by atoms with E-state index in [0.29, 0.717) is 39.2 Å². The Labute approximate surface area is 143 Å². The molecule has 2 amide bonds. The van der Waals surface area contributed by atoms with Crippen LogP contribution in [-0.4, -0.2) is 60.5 Å². The van der Waals surface area contributed by atoms with Crippen molar-refractivity contribution in [3.8, 4) is 0 Å². The third-order valence-electron chi connectivity index (χ3n) is 4.23. The monoisotopic (exact) mass is 330 g/mol. The molecule has 0 unspecified atom stereocenters. The maximum atomic E-state index is 12.4. The molecule has 0 aromatic heterocycles. The van der Waals surface area contributed by atoms with Gasteiger partial charge in [0.05, 0.1) is 13.0 Å². The Kier molecular flexibility index (Phi) is 6.55. The molecular formula is C19H26N2O3. The maximum absolute atomic E-state index is 12.4.